The third kappa shape index (κ3) is 5.44. The Balaban J connectivity index is 0.00000114. The predicted molar refractivity (Wildman–Crippen MR) is 120 cm³/mol. The van der Waals surface area contributed by atoms with Gasteiger partial charge in [-0.05, 0) is 11.1 Å². The molecule has 31 heavy (non-hydrogen) atoms. The molecule has 0 aromatic heterocycles. The molecular weight excluding hydrogens is 500 g/mol. The summed E-state index contributed by atoms with van der Waals surface area (Å²) in [4.78, 5) is 2.50. The van der Waals surface area contributed by atoms with Crippen molar-refractivity contribution in [3.63, 3.8) is 0 Å². The van der Waals surface area contributed by atoms with E-state index in [1.807, 2.05) is 0 Å². The molecule has 0 bridgehead atoms. The van der Waals surface area contributed by atoms with E-state index in [4.69, 9.17) is 0 Å². The number of benzene rings is 4. The monoisotopic (exact) mass is 520 g/mol. The van der Waals surface area contributed by atoms with Crippen LogP contribution in [0.1, 0.15) is 11.1 Å². The summed E-state index contributed by atoms with van der Waals surface area (Å²) < 4.78 is 0. The standard InChI is InChI=1S/C27H22N.2ClH.Zr/c1-3-10-21(11-4-1)19-28(20-22-12-5-2-6-13-22)26-17-9-15-24-18-23-14-7-8-16-25(23)27(24)26;;;/h1-18H,19-20H2;2*1H;/q-1;;;+3/p-2. The van der Waals surface area contributed by atoms with E-state index < -0.39 is 0 Å². The smallest absolute Gasteiger partial charge is 1.00 e. The maximum atomic E-state index is 2.50. The van der Waals surface area contributed by atoms with Crippen molar-refractivity contribution in [3.05, 3.63) is 120 Å². The third-order valence-corrected chi connectivity index (χ3v) is 5.39. The number of nitrogens with zero attached hydrogens (tertiary/aromatic N) is 1. The molecule has 0 atom stereocenters. The van der Waals surface area contributed by atoms with Crippen LogP contribution in [-0.2, 0) is 39.3 Å². The Morgan fingerprint density at radius 2 is 1.06 bits per heavy atom. The first-order chi connectivity index (χ1) is 13.9. The van der Waals surface area contributed by atoms with E-state index in [0.717, 1.165) is 13.1 Å². The molecule has 0 heterocycles. The first-order valence-electron chi connectivity index (χ1n) is 9.78. The van der Waals surface area contributed by atoms with Crippen LogP contribution in [0.25, 0.3) is 21.5 Å². The van der Waals surface area contributed by atoms with Crippen molar-refractivity contribution < 1.29 is 51.0 Å². The Hall–Kier alpha value is -1.99. The number of fused-ring (bicyclic) bond motifs is 3. The van der Waals surface area contributed by atoms with Crippen molar-refractivity contribution >= 4 is 27.2 Å². The Morgan fingerprint density at radius 3 is 1.68 bits per heavy atom. The fourth-order valence-corrected chi connectivity index (χ4v) is 4.09. The summed E-state index contributed by atoms with van der Waals surface area (Å²) >= 11 is 0. The van der Waals surface area contributed by atoms with Crippen molar-refractivity contribution in [1.29, 1.82) is 0 Å². The number of halogens is 2. The molecule has 0 saturated carbocycles. The molecule has 4 heteroatoms. The minimum atomic E-state index is 0. The van der Waals surface area contributed by atoms with Gasteiger partial charge < -0.3 is 29.7 Å². The van der Waals surface area contributed by atoms with Crippen LogP contribution in [0.5, 0.6) is 0 Å². The van der Waals surface area contributed by atoms with E-state index >= 15 is 0 Å². The summed E-state index contributed by atoms with van der Waals surface area (Å²) in [5, 5.41) is 5.30. The van der Waals surface area contributed by atoms with E-state index in [2.05, 4.69) is 114 Å². The Bertz CT molecular complexity index is 1180. The van der Waals surface area contributed by atoms with Crippen molar-refractivity contribution in [2.45, 2.75) is 13.1 Å². The topological polar surface area (TPSA) is 3.24 Å². The second-order valence-electron chi connectivity index (χ2n) is 7.30. The Kier molecular flexibility index (Phi) is 9.44. The number of anilines is 1. The second-order valence-corrected chi connectivity index (χ2v) is 7.30. The third-order valence-electron chi connectivity index (χ3n) is 5.39. The normalized spacial score (nSPS) is 10.1. The summed E-state index contributed by atoms with van der Waals surface area (Å²) in [7, 11) is 0. The van der Waals surface area contributed by atoms with Crippen molar-refractivity contribution in [2.24, 2.45) is 0 Å². The summed E-state index contributed by atoms with van der Waals surface area (Å²) in [6.07, 6.45) is 0. The molecular formula is C27H22Cl2NZr. The number of rotatable bonds is 5. The number of hydrogen-bond donors (Lipinski definition) is 0. The molecule has 5 aromatic rings. The molecule has 0 aliphatic heterocycles. The van der Waals surface area contributed by atoms with Crippen LogP contribution in [0.3, 0.4) is 0 Å². The average molecular weight is 523 g/mol. The van der Waals surface area contributed by atoms with Gasteiger partial charge in [-0.1, -0.05) is 96.4 Å². The van der Waals surface area contributed by atoms with Gasteiger partial charge in [-0.15, -0.1) is 34.4 Å². The molecule has 0 aliphatic rings. The summed E-state index contributed by atoms with van der Waals surface area (Å²) in [5.74, 6) is 0. The molecule has 0 fully saturated rings. The second kappa shape index (κ2) is 11.6. The van der Waals surface area contributed by atoms with Gasteiger partial charge in [0.15, 0.2) is 0 Å². The van der Waals surface area contributed by atoms with Gasteiger partial charge in [0.2, 0.25) is 0 Å². The molecule has 1 radical (unpaired) electrons. The summed E-state index contributed by atoms with van der Waals surface area (Å²) in [5.41, 5.74) is 3.95. The van der Waals surface area contributed by atoms with Crippen molar-refractivity contribution in [1.82, 2.24) is 0 Å². The van der Waals surface area contributed by atoms with Gasteiger partial charge in [-0.2, -0.15) is 0 Å². The fourth-order valence-electron chi connectivity index (χ4n) is 4.09. The summed E-state index contributed by atoms with van der Waals surface area (Å²) in [6, 6.07) is 39.1. The summed E-state index contributed by atoms with van der Waals surface area (Å²) in [6.45, 7) is 1.77. The minimum Gasteiger partial charge on any atom is -1.00 e. The van der Waals surface area contributed by atoms with E-state index in [-0.39, 0.29) is 51.0 Å². The van der Waals surface area contributed by atoms with E-state index in [0.29, 0.717) is 0 Å². The molecule has 0 spiro atoms. The quantitative estimate of drug-likeness (QED) is 0.311. The molecule has 0 N–H and O–H groups in total. The van der Waals surface area contributed by atoms with Crippen molar-refractivity contribution in [2.75, 3.05) is 4.90 Å². The number of hydrogen-bond acceptors (Lipinski definition) is 1. The van der Waals surface area contributed by atoms with Crippen LogP contribution in [-0.4, -0.2) is 0 Å². The van der Waals surface area contributed by atoms with Crippen LogP contribution in [0.2, 0.25) is 0 Å². The van der Waals surface area contributed by atoms with Crippen LogP contribution >= 0.6 is 0 Å². The van der Waals surface area contributed by atoms with Gasteiger partial charge in [0.25, 0.3) is 0 Å². The molecule has 0 aliphatic carbocycles. The van der Waals surface area contributed by atoms with Gasteiger partial charge in [0.1, 0.15) is 0 Å². The van der Waals surface area contributed by atoms with E-state index in [9.17, 15) is 0 Å². The zero-order chi connectivity index (χ0) is 18.8. The first-order valence-corrected chi connectivity index (χ1v) is 9.78. The van der Waals surface area contributed by atoms with Gasteiger partial charge >= 0.3 is 26.2 Å². The van der Waals surface area contributed by atoms with Gasteiger partial charge in [-0.3, -0.25) is 0 Å². The molecule has 0 saturated heterocycles. The van der Waals surface area contributed by atoms with Crippen LogP contribution in [0.15, 0.2) is 109 Å². The van der Waals surface area contributed by atoms with Crippen molar-refractivity contribution in [3.8, 4) is 0 Å². The fraction of sp³-hybridized carbons (Fsp3) is 0.0741. The van der Waals surface area contributed by atoms with Gasteiger partial charge in [-0.25, -0.2) is 0 Å². The predicted octanol–water partition coefficient (Wildman–Crippen LogP) is 0.924. The van der Waals surface area contributed by atoms with Crippen LogP contribution < -0.4 is 29.7 Å². The molecule has 0 amide bonds. The molecule has 153 valence electrons. The minimum absolute atomic E-state index is 0. The molecule has 5 rings (SSSR count). The van der Waals surface area contributed by atoms with E-state index in [1.165, 1.54) is 38.4 Å². The molecule has 1 nitrogen and oxygen atoms in total. The maximum absolute atomic E-state index is 2.50. The van der Waals surface area contributed by atoms with Crippen LogP contribution in [0.4, 0.5) is 5.69 Å². The largest absolute Gasteiger partial charge is 3.00 e. The first kappa shape index (κ1) is 25.3. The Labute approximate surface area is 215 Å². The van der Waals surface area contributed by atoms with Crippen LogP contribution in [0, 0.1) is 0 Å². The maximum Gasteiger partial charge on any atom is 3.00 e. The zero-order valence-corrected chi connectivity index (χ0v) is 21.0. The van der Waals surface area contributed by atoms with E-state index in [1.54, 1.807) is 0 Å². The van der Waals surface area contributed by atoms with Gasteiger partial charge in [0.05, 0.1) is 0 Å². The SMILES string of the molecule is [Cl-].[Cl-].[Zr+3].c1ccc(CN(Cc2ccccc2)c2cccc3[cH-]c4ccccc4c23)cc1. The Morgan fingerprint density at radius 1 is 0.548 bits per heavy atom. The molecule has 5 aromatic carbocycles. The average Bonchev–Trinajstić information content (AvgIpc) is 3.14. The zero-order valence-electron chi connectivity index (χ0n) is 17.0. The van der Waals surface area contributed by atoms with Gasteiger partial charge in [0, 0.05) is 18.8 Å². The molecule has 0 unspecified atom stereocenters.